The maximum Gasteiger partial charge on any atom is 0.00520 e. The maximum absolute atomic E-state index is 5.91. The fourth-order valence-corrected chi connectivity index (χ4v) is 4.01. The summed E-state index contributed by atoms with van der Waals surface area (Å²) in [5, 5.41) is 0.890. The number of nitrogens with two attached hydrogens (primary N) is 1. The minimum absolute atomic E-state index is 0.531. The van der Waals surface area contributed by atoms with Gasteiger partial charge >= 0.3 is 0 Å². The van der Waals surface area contributed by atoms with Crippen LogP contribution >= 0.6 is 11.8 Å². The van der Waals surface area contributed by atoms with E-state index in [-0.39, 0.29) is 0 Å². The molecule has 0 heterocycles. The lowest BCUT2D eigenvalue weighted by molar-refractivity contribution is 0.515. The Morgan fingerprint density at radius 2 is 1.82 bits per heavy atom. The molecule has 1 fully saturated rings. The lowest BCUT2D eigenvalue weighted by Gasteiger charge is -2.23. The predicted octanol–water partition coefficient (Wildman–Crippen LogP) is 3.79. The second-order valence-electron chi connectivity index (χ2n) is 4.94. The van der Waals surface area contributed by atoms with Crippen molar-refractivity contribution in [1.29, 1.82) is 0 Å². The Bertz CT molecular complexity index is 306. The average Bonchev–Trinajstić information content (AvgIpc) is 2.42. The second-order valence-corrected chi connectivity index (χ2v) is 6.27. The van der Waals surface area contributed by atoms with Crippen molar-refractivity contribution in [2.24, 2.45) is 5.73 Å². The van der Waals surface area contributed by atoms with Gasteiger partial charge in [-0.25, -0.2) is 0 Å². The third-order valence-electron chi connectivity index (χ3n) is 3.64. The van der Waals surface area contributed by atoms with E-state index in [0.717, 1.165) is 11.8 Å². The summed E-state index contributed by atoms with van der Waals surface area (Å²) in [6, 6.07) is 10.7. The zero-order valence-corrected chi connectivity index (χ0v) is 11.3. The minimum atomic E-state index is 0.531. The van der Waals surface area contributed by atoms with Crippen LogP contribution in [-0.2, 0) is 0 Å². The van der Waals surface area contributed by atoms with E-state index in [1.807, 2.05) is 0 Å². The van der Waals surface area contributed by atoms with Gasteiger partial charge in [-0.3, -0.25) is 0 Å². The molecule has 0 saturated heterocycles. The molecular formula is C15H23NS. The lowest BCUT2D eigenvalue weighted by atomic mass is 10.0. The monoisotopic (exact) mass is 249 g/mol. The normalized spacial score (nSPS) is 19.1. The Kier molecular flexibility index (Phi) is 5.40. The zero-order valence-electron chi connectivity index (χ0n) is 10.5. The molecule has 1 saturated carbocycles. The van der Waals surface area contributed by atoms with Crippen LogP contribution in [0.2, 0.25) is 0 Å². The van der Waals surface area contributed by atoms with Gasteiger partial charge in [0.05, 0.1) is 0 Å². The average molecular weight is 249 g/mol. The van der Waals surface area contributed by atoms with Gasteiger partial charge in [0, 0.05) is 16.9 Å². The van der Waals surface area contributed by atoms with Crippen molar-refractivity contribution in [3.63, 3.8) is 0 Å². The molecule has 94 valence electrons. The van der Waals surface area contributed by atoms with Crippen LogP contribution < -0.4 is 5.73 Å². The number of rotatable bonds is 5. The molecule has 1 aliphatic rings. The second kappa shape index (κ2) is 7.07. The first-order valence-electron chi connectivity index (χ1n) is 6.76. The summed E-state index contributed by atoms with van der Waals surface area (Å²) < 4.78 is 0. The summed E-state index contributed by atoms with van der Waals surface area (Å²) in [4.78, 5) is 0. The Morgan fingerprint density at radius 1 is 1.12 bits per heavy atom. The Labute approximate surface area is 109 Å². The first kappa shape index (κ1) is 13.0. The zero-order chi connectivity index (χ0) is 11.9. The highest BCUT2D eigenvalue weighted by Crippen LogP contribution is 2.31. The summed E-state index contributed by atoms with van der Waals surface area (Å²) >= 11 is 2.14. The van der Waals surface area contributed by atoms with E-state index >= 15 is 0 Å². The van der Waals surface area contributed by atoms with Crippen LogP contribution in [-0.4, -0.2) is 17.5 Å². The standard InChI is InChI=1S/C15H23NS/c16-11-14(13-7-3-1-4-8-13)12-17-15-9-5-2-6-10-15/h1,3-4,7-8,14-15H,2,5-6,9-12,16H2. The molecule has 17 heavy (non-hydrogen) atoms. The summed E-state index contributed by atoms with van der Waals surface area (Å²) in [6.07, 6.45) is 7.12. The Morgan fingerprint density at radius 3 is 2.47 bits per heavy atom. The highest BCUT2D eigenvalue weighted by atomic mass is 32.2. The molecule has 1 nitrogen and oxygen atoms in total. The molecule has 0 aliphatic heterocycles. The molecule has 1 unspecified atom stereocenters. The first-order valence-corrected chi connectivity index (χ1v) is 7.81. The largest absolute Gasteiger partial charge is 0.330 e. The summed E-state index contributed by atoms with van der Waals surface area (Å²) in [7, 11) is 0. The highest BCUT2D eigenvalue weighted by molar-refractivity contribution is 7.99. The van der Waals surface area contributed by atoms with Crippen molar-refractivity contribution in [1.82, 2.24) is 0 Å². The molecule has 0 aromatic heterocycles. The fourth-order valence-electron chi connectivity index (χ4n) is 2.51. The van der Waals surface area contributed by atoms with Crippen LogP contribution in [0.5, 0.6) is 0 Å². The number of hydrogen-bond acceptors (Lipinski definition) is 2. The SMILES string of the molecule is NCC(CSC1CCCCC1)c1ccccc1. The predicted molar refractivity (Wildman–Crippen MR) is 77.6 cm³/mol. The van der Waals surface area contributed by atoms with E-state index in [4.69, 9.17) is 5.73 Å². The number of benzene rings is 1. The minimum Gasteiger partial charge on any atom is -0.330 e. The number of thioether (sulfide) groups is 1. The van der Waals surface area contributed by atoms with Gasteiger partial charge in [0.1, 0.15) is 0 Å². The molecule has 1 aromatic carbocycles. The van der Waals surface area contributed by atoms with Gasteiger partial charge in [0.15, 0.2) is 0 Å². The number of hydrogen-bond donors (Lipinski definition) is 1. The van der Waals surface area contributed by atoms with E-state index in [9.17, 15) is 0 Å². The molecule has 0 bridgehead atoms. The molecular weight excluding hydrogens is 226 g/mol. The molecule has 0 spiro atoms. The van der Waals surface area contributed by atoms with Gasteiger partial charge in [0.2, 0.25) is 0 Å². The van der Waals surface area contributed by atoms with Gasteiger partial charge in [0.25, 0.3) is 0 Å². The van der Waals surface area contributed by atoms with E-state index in [1.165, 1.54) is 43.4 Å². The van der Waals surface area contributed by atoms with Crippen molar-refractivity contribution in [3.8, 4) is 0 Å². The van der Waals surface area contributed by atoms with Crippen molar-refractivity contribution < 1.29 is 0 Å². The van der Waals surface area contributed by atoms with Crippen LogP contribution in [0, 0.1) is 0 Å². The summed E-state index contributed by atoms with van der Waals surface area (Å²) in [5.74, 6) is 1.72. The van der Waals surface area contributed by atoms with Crippen LogP contribution in [0.25, 0.3) is 0 Å². The van der Waals surface area contributed by atoms with E-state index in [0.29, 0.717) is 5.92 Å². The molecule has 2 N–H and O–H groups in total. The van der Waals surface area contributed by atoms with Gasteiger partial charge in [-0.05, 0) is 24.9 Å². The molecule has 1 aliphatic carbocycles. The van der Waals surface area contributed by atoms with Crippen molar-refractivity contribution in [2.75, 3.05) is 12.3 Å². The van der Waals surface area contributed by atoms with Crippen molar-refractivity contribution in [3.05, 3.63) is 35.9 Å². The van der Waals surface area contributed by atoms with E-state index < -0.39 is 0 Å². The summed E-state index contributed by atoms with van der Waals surface area (Å²) in [5.41, 5.74) is 7.31. The topological polar surface area (TPSA) is 26.0 Å². The van der Waals surface area contributed by atoms with Crippen LogP contribution in [0.3, 0.4) is 0 Å². The smallest absolute Gasteiger partial charge is 0.00520 e. The van der Waals surface area contributed by atoms with Crippen molar-refractivity contribution >= 4 is 11.8 Å². The fraction of sp³-hybridized carbons (Fsp3) is 0.600. The Hall–Kier alpha value is -0.470. The Balaban J connectivity index is 1.83. The molecule has 0 radical (unpaired) electrons. The van der Waals surface area contributed by atoms with Gasteiger partial charge in [-0.15, -0.1) is 0 Å². The van der Waals surface area contributed by atoms with E-state index in [2.05, 4.69) is 42.1 Å². The highest BCUT2D eigenvalue weighted by Gasteiger charge is 2.16. The summed E-state index contributed by atoms with van der Waals surface area (Å²) in [6.45, 7) is 0.768. The molecule has 2 rings (SSSR count). The molecule has 0 amide bonds. The third-order valence-corrected chi connectivity index (χ3v) is 5.18. The third kappa shape index (κ3) is 4.04. The molecule has 1 atom stereocenters. The van der Waals surface area contributed by atoms with Crippen LogP contribution in [0.1, 0.15) is 43.6 Å². The molecule has 2 heteroatoms. The van der Waals surface area contributed by atoms with Gasteiger partial charge in [-0.1, -0.05) is 49.6 Å². The van der Waals surface area contributed by atoms with Crippen LogP contribution in [0.4, 0.5) is 0 Å². The molecule has 1 aromatic rings. The van der Waals surface area contributed by atoms with Crippen LogP contribution in [0.15, 0.2) is 30.3 Å². The van der Waals surface area contributed by atoms with E-state index in [1.54, 1.807) is 0 Å². The van der Waals surface area contributed by atoms with Gasteiger partial charge < -0.3 is 5.73 Å². The van der Waals surface area contributed by atoms with Gasteiger partial charge in [-0.2, -0.15) is 11.8 Å². The quantitative estimate of drug-likeness (QED) is 0.859. The van der Waals surface area contributed by atoms with Crippen molar-refractivity contribution in [2.45, 2.75) is 43.3 Å². The first-order chi connectivity index (χ1) is 8.40. The maximum atomic E-state index is 5.91. The lowest BCUT2D eigenvalue weighted by Crippen LogP contribution is -2.17.